The van der Waals surface area contributed by atoms with Crippen LogP contribution in [0.4, 0.5) is 5.82 Å². The van der Waals surface area contributed by atoms with E-state index < -0.39 is 0 Å². The molecule has 1 aromatic heterocycles. The van der Waals surface area contributed by atoms with E-state index in [9.17, 15) is 9.90 Å². The molecular formula is C14H22N4O2. The first-order valence-corrected chi connectivity index (χ1v) is 7.24. The summed E-state index contributed by atoms with van der Waals surface area (Å²) in [7, 11) is 0. The van der Waals surface area contributed by atoms with Gasteiger partial charge in [0.1, 0.15) is 11.5 Å². The van der Waals surface area contributed by atoms with Gasteiger partial charge >= 0.3 is 0 Å². The monoisotopic (exact) mass is 278 g/mol. The van der Waals surface area contributed by atoms with E-state index in [1.807, 2.05) is 0 Å². The predicted molar refractivity (Wildman–Crippen MR) is 76.6 cm³/mol. The third-order valence-corrected chi connectivity index (χ3v) is 3.51. The van der Waals surface area contributed by atoms with Gasteiger partial charge in [0.05, 0.1) is 25.0 Å². The van der Waals surface area contributed by atoms with Gasteiger partial charge in [-0.25, -0.2) is 4.98 Å². The molecule has 0 saturated carbocycles. The number of aromatic nitrogens is 2. The number of amides is 1. The summed E-state index contributed by atoms with van der Waals surface area (Å²) in [5.41, 5.74) is 0.339. The Morgan fingerprint density at radius 2 is 2.35 bits per heavy atom. The minimum Gasteiger partial charge on any atom is -0.394 e. The van der Waals surface area contributed by atoms with Gasteiger partial charge in [-0.1, -0.05) is 6.92 Å². The van der Waals surface area contributed by atoms with Gasteiger partial charge in [-0.2, -0.15) is 0 Å². The highest BCUT2D eigenvalue weighted by Crippen LogP contribution is 2.19. The molecule has 1 fully saturated rings. The molecule has 0 aromatic carbocycles. The molecule has 1 amide bonds. The molecule has 0 radical (unpaired) electrons. The van der Waals surface area contributed by atoms with E-state index in [0.717, 1.165) is 32.2 Å². The van der Waals surface area contributed by atoms with Crippen molar-refractivity contribution in [1.29, 1.82) is 0 Å². The van der Waals surface area contributed by atoms with Crippen molar-refractivity contribution in [3.8, 4) is 0 Å². The summed E-state index contributed by atoms with van der Waals surface area (Å²) in [5, 5.41) is 12.5. The smallest absolute Gasteiger partial charge is 0.274 e. The Morgan fingerprint density at radius 1 is 1.50 bits per heavy atom. The Kier molecular flexibility index (Phi) is 5.29. The van der Waals surface area contributed by atoms with Crippen molar-refractivity contribution in [3.05, 3.63) is 18.1 Å². The zero-order valence-electron chi connectivity index (χ0n) is 11.9. The molecule has 20 heavy (non-hydrogen) atoms. The minimum absolute atomic E-state index is 0.00689. The molecular weight excluding hydrogens is 256 g/mol. The Morgan fingerprint density at radius 3 is 3.10 bits per heavy atom. The van der Waals surface area contributed by atoms with Gasteiger partial charge in [0, 0.05) is 13.1 Å². The highest BCUT2D eigenvalue weighted by molar-refractivity contribution is 5.92. The average molecular weight is 278 g/mol. The summed E-state index contributed by atoms with van der Waals surface area (Å²) in [6, 6.07) is -0.0923. The molecule has 1 atom stereocenters. The second-order valence-electron chi connectivity index (χ2n) is 5.05. The Balaban J connectivity index is 2.11. The fourth-order valence-corrected chi connectivity index (χ4v) is 2.41. The first kappa shape index (κ1) is 14.7. The van der Waals surface area contributed by atoms with Crippen molar-refractivity contribution in [1.82, 2.24) is 14.9 Å². The van der Waals surface area contributed by atoms with Crippen molar-refractivity contribution < 1.29 is 9.90 Å². The molecule has 0 spiro atoms. The number of hydrogen-bond acceptors (Lipinski definition) is 5. The molecule has 1 aliphatic heterocycles. The zero-order valence-corrected chi connectivity index (χ0v) is 11.9. The fraction of sp³-hybridized carbons (Fsp3) is 0.643. The van der Waals surface area contributed by atoms with Gasteiger partial charge < -0.3 is 15.3 Å². The lowest BCUT2D eigenvalue weighted by Gasteiger charge is -2.34. The molecule has 1 aliphatic rings. The molecule has 1 aromatic rings. The van der Waals surface area contributed by atoms with Gasteiger partial charge in [-0.15, -0.1) is 0 Å². The van der Waals surface area contributed by atoms with Crippen LogP contribution < -0.4 is 5.32 Å². The maximum absolute atomic E-state index is 12.5. The van der Waals surface area contributed by atoms with E-state index >= 15 is 0 Å². The maximum Gasteiger partial charge on any atom is 0.274 e. The van der Waals surface area contributed by atoms with E-state index in [4.69, 9.17) is 0 Å². The normalized spacial score (nSPS) is 18.9. The van der Waals surface area contributed by atoms with E-state index in [0.29, 0.717) is 18.1 Å². The largest absolute Gasteiger partial charge is 0.394 e. The van der Waals surface area contributed by atoms with Gasteiger partial charge in [-0.05, 0) is 25.7 Å². The van der Waals surface area contributed by atoms with Crippen LogP contribution in [0.2, 0.25) is 0 Å². The maximum atomic E-state index is 12.5. The van der Waals surface area contributed by atoms with Crippen LogP contribution in [0, 0.1) is 0 Å². The lowest BCUT2D eigenvalue weighted by Crippen LogP contribution is -2.45. The highest BCUT2D eigenvalue weighted by atomic mass is 16.3. The quantitative estimate of drug-likeness (QED) is 0.848. The number of carbonyl (C=O) groups is 1. The number of aliphatic hydroxyl groups excluding tert-OH is 1. The number of carbonyl (C=O) groups excluding carboxylic acids is 1. The lowest BCUT2D eigenvalue weighted by atomic mass is 10.0. The van der Waals surface area contributed by atoms with Crippen LogP contribution in [-0.4, -0.2) is 51.6 Å². The van der Waals surface area contributed by atoms with E-state index in [1.165, 1.54) is 6.20 Å². The summed E-state index contributed by atoms with van der Waals surface area (Å²) >= 11 is 0. The molecule has 1 saturated heterocycles. The van der Waals surface area contributed by atoms with Gasteiger partial charge in [0.25, 0.3) is 5.91 Å². The Bertz CT molecular complexity index is 453. The van der Waals surface area contributed by atoms with Crippen molar-refractivity contribution in [2.24, 2.45) is 0 Å². The van der Waals surface area contributed by atoms with Gasteiger partial charge in [-0.3, -0.25) is 9.78 Å². The molecule has 1 unspecified atom stereocenters. The van der Waals surface area contributed by atoms with Crippen LogP contribution in [0.1, 0.15) is 43.1 Å². The molecule has 110 valence electrons. The number of anilines is 1. The SMILES string of the molecule is CCCNc1cncc(C(=O)N2CCCCC2CO)n1. The van der Waals surface area contributed by atoms with Crippen LogP contribution in [0.15, 0.2) is 12.4 Å². The molecule has 0 aliphatic carbocycles. The third-order valence-electron chi connectivity index (χ3n) is 3.51. The lowest BCUT2D eigenvalue weighted by molar-refractivity contribution is 0.0497. The molecule has 2 rings (SSSR count). The van der Waals surface area contributed by atoms with Crippen LogP contribution in [0.25, 0.3) is 0 Å². The predicted octanol–water partition coefficient (Wildman–Crippen LogP) is 1.29. The zero-order chi connectivity index (χ0) is 14.4. The van der Waals surface area contributed by atoms with Crippen LogP contribution in [0.3, 0.4) is 0 Å². The first-order valence-electron chi connectivity index (χ1n) is 7.24. The van der Waals surface area contributed by atoms with Crippen LogP contribution >= 0.6 is 0 Å². The standard InChI is InChI=1S/C14H22N4O2/c1-2-6-16-13-9-15-8-12(17-13)14(20)18-7-4-3-5-11(18)10-19/h8-9,11,19H,2-7,10H2,1H3,(H,16,17). The van der Waals surface area contributed by atoms with Crippen molar-refractivity contribution >= 4 is 11.7 Å². The number of hydrogen-bond donors (Lipinski definition) is 2. The van der Waals surface area contributed by atoms with Crippen molar-refractivity contribution in [2.75, 3.05) is 25.0 Å². The molecule has 2 heterocycles. The highest BCUT2D eigenvalue weighted by Gasteiger charge is 2.27. The Hall–Kier alpha value is -1.69. The first-order chi connectivity index (χ1) is 9.76. The summed E-state index contributed by atoms with van der Waals surface area (Å²) < 4.78 is 0. The van der Waals surface area contributed by atoms with E-state index in [-0.39, 0.29) is 18.6 Å². The fourth-order valence-electron chi connectivity index (χ4n) is 2.41. The molecule has 2 N–H and O–H groups in total. The van der Waals surface area contributed by atoms with Crippen molar-refractivity contribution in [2.45, 2.75) is 38.6 Å². The third kappa shape index (κ3) is 3.45. The van der Waals surface area contributed by atoms with Crippen molar-refractivity contribution in [3.63, 3.8) is 0 Å². The van der Waals surface area contributed by atoms with Crippen LogP contribution in [-0.2, 0) is 0 Å². The molecule has 6 nitrogen and oxygen atoms in total. The van der Waals surface area contributed by atoms with E-state index in [1.54, 1.807) is 11.1 Å². The number of likely N-dealkylation sites (tertiary alicyclic amines) is 1. The minimum atomic E-state index is -0.142. The number of aliphatic hydroxyl groups is 1. The van der Waals surface area contributed by atoms with E-state index in [2.05, 4.69) is 22.2 Å². The average Bonchev–Trinajstić information content (AvgIpc) is 2.52. The Labute approximate surface area is 119 Å². The second kappa shape index (κ2) is 7.19. The second-order valence-corrected chi connectivity index (χ2v) is 5.05. The number of piperidine rings is 1. The number of rotatable bonds is 5. The number of nitrogens with one attached hydrogen (secondary N) is 1. The van der Waals surface area contributed by atoms with Gasteiger partial charge in [0.15, 0.2) is 0 Å². The summed E-state index contributed by atoms with van der Waals surface area (Å²) in [6.45, 7) is 3.55. The number of nitrogens with zero attached hydrogens (tertiary/aromatic N) is 3. The van der Waals surface area contributed by atoms with Crippen LogP contribution in [0.5, 0.6) is 0 Å². The topological polar surface area (TPSA) is 78.4 Å². The summed E-state index contributed by atoms with van der Waals surface area (Å²) in [5.74, 6) is 0.478. The van der Waals surface area contributed by atoms with Gasteiger partial charge in [0.2, 0.25) is 0 Å². The molecule has 0 bridgehead atoms. The summed E-state index contributed by atoms with van der Waals surface area (Å²) in [6.07, 6.45) is 6.97. The molecule has 6 heteroatoms. The summed E-state index contributed by atoms with van der Waals surface area (Å²) in [4.78, 5) is 22.6.